The maximum absolute atomic E-state index is 11.8. The van der Waals surface area contributed by atoms with E-state index in [2.05, 4.69) is 15.3 Å². The van der Waals surface area contributed by atoms with Crippen LogP contribution in [0.2, 0.25) is 0 Å². The summed E-state index contributed by atoms with van der Waals surface area (Å²) in [6.07, 6.45) is 7.38. The van der Waals surface area contributed by atoms with Gasteiger partial charge in [-0.25, -0.2) is 4.98 Å². The van der Waals surface area contributed by atoms with Crippen LogP contribution in [0.25, 0.3) is 0 Å². The summed E-state index contributed by atoms with van der Waals surface area (Å²) in [5.41, 5.74) is 1.75. The van der Waals surface area contributed by atoms with Gasteiger partial charge in [-0.3, -0.25) is 9.78 Å². The lowest BCUT2D eigenvalue weighted by Gasteiger charge is -2.03. The zero-order valence-corrected chi connectivity index (χ0v) is 12.3. The average molecular weight is 293 g/mol. The number of hydrogen-bond acceptors (Lipinski definition) is 5. The second-order valence-corrected chi connectivity index (χ2v) is 5.83. The third-order valence-electron chi connectivity index (χ3n) is 2.57. The zero-order chi connectivity index (χ0) is 13.5. The molecule has 2 aromatic rings. The molecule has 1 N–H and O–H groups in total. The van der Waals surface area contributed by atoms with Crippen molar-refractivity contribution in [1.29, 1.82) is 0 Å². The van der Waals surface area contributed by atoms with Gasteiger partial charge in [-0.1, -0.05) is 11.8 Å². The molecule has 0 unspecified atom stereocenters. The van der Waals surface area contributed by atoms with Crippen molar-refractivity contribution in [2.24, 2.45) is 0 Å². The van der Waals surface area contributed by atoms with Crippen LogP contribution in [0.3, 0.4) is 0 Å². The predicted molar refractivity (Wildman–Crippen MR) is 78.8 cm³/mol. The number of aryl methyl sites for hydroxylation is 1. The predicted octanol–water partition coefficient (Wildman–Crippen LogP) is 2.62. The highest BCUT2D eigenvalue weighted by molar-refractivity contribution is 8.00. The highest BCUT2D eigenvalue weighted by Gasteiger charge is 2.09. The van der Waals surface area contributed by atoms with Gasteiger partial charge in [0.05, 0.1) is 0 Å². The largest absolute Gasteiger partial charge is 0.351 e. The van der Waals surface area contributed by atoms with E-state index in [1.807, 2.05) is 18.4 Å². The van der Waals surface area contributed by atoms with Gasteiger partial charge in [0.15, 0.2) is 0 Å². The van der Waals surface area contributed by atoms with Crippen LogP contribution in [-0.2, 0) is 6.42 Å². The first-order valence-electron chi connectivity index (χ1n) is 5.96. The van der Waals surface area contributed by atoms with Gasteiger partial charge in [0.25, 0.3) is 5.91 Å². The van der Waals surface area contributed by atoms with E-state index in [0.717, 1.165) is 17.2 Å². The summed E-state index contributed by atoms with van der Waals surface area (Å²) in [4.78, 5) is 20.0. The second kappa shape index (κ2) is 7.25. The smallest absolute Gasteiger partial charge is 0.270 e. The molecule has 0 saturated carbocycles. The first-order chi connectivity index (χ1) is 9.29. The molecular weight excluding hydrogens is 278 g/mol. The zero-order valence-electron chi connectivity index (χ0n) is 10.6. The van der Waals surface area contributed by atoms with Crippen molar-refractivity contribution in [2.75, 3.05) is 12.8 Å². The minimum absolute atomic E-state index is 0.0914. The summed E-state index contributed by atoms with van der Waals surface area (Å²) in [5, 5.41) is 4.68. The fourth-order valence-corrected chi connectivity index (χ4v) is 2.83. The van der Waals surface area contributed by atoms with Gasteiger partial charge >= 0.3 is 0 Å². The lowest BCUT2D eigenvalue weighted by molar-refractivity contribution is 0.0948. The minimum atomic E-state index is -0.0914. The summed E-state index contributed by atoms with van der Waals surface area (Å²) >= 11 is 3.05. The number of thiazole rings is 1. The van der Waals surface area contributed by atoms with Gasteiger partial charge in [-0.2, -0.15) is 0 Å². The van der Waals surface area contributed by atoms with E-state index in [-0.39, 0.29) is 5.91 Å². The van der Waals surface area contributed by atoms with Gasteiger partial charge in [0.1, 0.15) is 10.0 Å². The average Bonchev–Trinajstić information content (AvgIpc) is 2.93. The van der Waals surface area contributed by atoms with Crippen molar-refractivity contribution < 1.29 is 4.79 Å². The van der Waals surface area contributed by atoms with Gasteiger partial charge in [-0.05, 0) is 36.8 Å². The Hall–Kier alpha value is -1.40. The molecule has 2 aromatic heterocycles. The molecule has 0 bridgehead atoms. The van der Waals surface area contributed by atoms with Crippen LogP contribution in [0.1, 0.15) is 22.5 Å². The molecule has 0 atom stereocenters. The van der Waals surface area contributed by atoms with Gasteiger partial charge in [0.2, 0.25) is 0 Å². The number of carbonyl (C=O) groups is 1. The topological polar surface area (TPSA) is 54.9 Å². The number of nitrogens with zero attached hydrogens (tertiary/aromatic N) is 2. The van der Waals surface area contributed by atoms with Crippen LogP contribution < -0.4 is 5.32 Å². The Morgan fingerprint density at radius 2 is 2.21 bits per heavy atom. The Morgan fingerprint density at radius 3 is 2.89 bits per heavy atom. The Morgan fingerprint density at radius 1 is 1.42 bits per heavy atom. The second-order valence-electron chi connectivity index (χ2n) is 3.92. The molecular formula is C13H15N3OS2. The molecule has 0 aliphatic rings. The van der Waals surface area contributed by atoms with Crippen molar-refractivity contribution in [1.82, 2.24) is 15.3 Å². The van der Waals surface area contributed by atoms with Crippen LogP contribution in [0, 0.1) is 0 Å². The van der Waals surface area contributed by atoms with Crippen LogP contribution in [0.15, 0.2) is 34.2 Å². The fourth-order valence-electron chi connectivity index (χ4n) is 1.59. The van der Waals surface area contributed by atoms with Gasteiger partial charge in [0, 0.05) is 24.3 Å². The summed E-state index contributed by atoms with van der Waals surface area (Å²) in [7, 11) is 0. The minimum Gasteiger partial charge on any atom is -0.351 e. The molecule has 0 saturated heterocycles. The van der Waals surface area contributed by atoms with Crippen molar-refractivity contribution in [3.05, 3.63) is 41.2 Å². The number of hydrogen-bond donors (Lipinski definition) is 1. The van der Waals surface area contributed by atoms with E-state index in [9.17, 15) is 4.79 Å². The van der Waals surface area contributed by atoms with Crippen molar-refractivity contribution in [2.45, 2.75) is 17.2 Å². The molecule has 100 valence electrons. The third kappa shape index (κ3) is 4.33. The highest BCUT2D eigenvalue weighted by atomic mass is 32.2. The Kier molecular flexibility index (Phi) is 5.35. The molecule has 2 heterocycles. The van der Waals surface area contributed by atoms with Crippen LogP contribution in [0.4, 0.5) is 0 Å². The van der Waals surface area contributed by atoms with E-state index >= 15 is 0 Å². The number of carbonyl (C=O) groups excluding carboxylic acids is 1. The summed E-state index contributed by atoms with van der Waals surface area (Å²) in [6, 6.07) is 3.99. The van der Waals surface area contributed by atoms with E-state index in [1.54, 1.807) is 29.5 Å². The molecule has 2 rings (SSSR count). The molecule has 19 heavy (non-hydrogen) atoms. The number of pyridine rings is 1. The lowest BCUT2D eigenvalue weighted by atomic mass is 10.1. The third-order valence-corrected chi connectivity index (χ3v) is 4.43. The van der Waals surface area contributed by atoms with E-state index in [4.69, 9.17) is 0 Å². The van der Waals surface area contributed by atoms with Crippen molar-refractivity contribution in [3.63, 3.8) is 0 Å². The van der Waals surface area contributed by atoms with Crippen molar-refractivity contribution >= 4 is 29.0 Å². The molecule has 0 aliphatic carbocycles. The number of amides is 1. The Bertz CT molecular complexity index is 528. The number of aromatic nitrogens is 2. The SMILES string of the molecule is CSc1nc(C(=O)NCCCc2ccncc2)cs1. The molecule has 4 nitrogen and oxygen atoms in total. The molecule has 0 spiro atoms. The maximum Gasteiger partial charge on any atom is 0.270 e. The first-order valence-corrected chi connectivity index (χ1v) is 8.06. The van der Waals surface area contributed by atoms with Crippen LogP contribution in [0.5, 0.6) is 0 Å². The highest BCUT2D eigenvalue weighted by Crippen LogP contribution is 2.19. The molecule has 0 fully saturated rings. The lowest BCUT2D eigenvalue weighted by Crippen LogP contribution is -2.25. The normalized spacial score (nSPS) is 10.4. The fraction of sp³-hybridized carbons (Fsp3) is 0.308. The quantitative estimate of drug-likeness (QED) is 0.657. The first kappa shape index (κ1) is 14.0. The molecule has 1 amide bonds. The summed E-state index contributed by atoms with van der Waals surface area (Å²) in [6.45, 7) is 0.660. The number of nitrogens with one attached hydrogen (secondary N) is 1. The number of rotatable bonds is 6. The Balaban J connectivity index is 1.72. The van der Waals surface area contributed by atoms with Gasteiger partial charge < -0.3 is 5.32 Å². The summed E-state index contributed by atoms with van der Waals surface area (Å²) in [5.74, 6) is -0.0914. The summed E-state index contributed by atoms with van der Waals surface area (Å²) < 4.78 is 0.918. The Labute approximate surface area is 120 Å². The molecule has 0 aliphatic heterocycles. The van der Waals surface area contributed by atoms with E-state index < -0.39 is 0 Å². The number of thioether (sulfide) groups is 1. The van der Waals surface area contributed by atoms with E-state index in [0.29, 0.717) is 12.2 Å². The monoisotopic (exact) mass is 293 g/mol. The molecule has 0 aromatic carbocycles. The standard InChI is InChI=1S/C13H15N3OS2/c1-18-13-16-11(9-19-13)12(17)15-6-2-3-10-4-7-14-8-5-10/h4-5,7-9H,2-3,6H2,1H3,(H,15,17). The maximum atomic E-state index is 11.8. The van der Waals surface area contributed by atoms with E-state index in [1.165, 1.54) is 16.9 Å². The van der Waals surface area contributed by atoms with Crippen LogP contribution in [-0.4, -0.2) is 28.7 Å². The van der Waals surface area contributed by atoms with Gasteiger partial charge in [-0.15, -0.1) is 11.3 Å². The van der Waals surface area contributed by atoms with Crippen molar-refractivity contribution in [3.8, 4) is 0 Å². The van der Waals surface area contributed by atoms with Crippen LogP contribution >= 0.6 is 23.1 Å². The molecule has 6 heteroatoms. The molecule has 0 radical (unpaired) electrons.